The van der Waals surface area contributed by atoms with Crippen LogP contribution in [-0.2, 0) is 10.0 Å². The largest absolute Gasteiger partial charge is 0.405 e. The molecule has 1 fully saturated rings. The fourth-order valence-electron chi connectivity index (χ4n) is 3.04. The molecule has 2 aromatic heterocycles. The highest BCUT2D eigenvalue weighted by Gasteiger charge is 2.25. The molecule has 3 rings (SSSR count). The van der Waals surface area contributed by atoms with Gasteiger partial charge < -0.3 is 15.8 Å². The Labute approximate surface area is 164 Å². The second kappa shape index (κ2) is 8.30. The molecule has 2 heterocycles. The van der Waals surface area contributed by atoms with E-state index in [-0.39, 0.29) is 11.6 Å². The van der Waals surface area contributed by atoms with E-state index in [1.807, 2.05) is 0 Å². The van der Waals surface area contributed by atoms with Gasteiger partial charge in [-0.3, -0.25) is 0 Å². The van der Waals surface area contributed by atoms with E-state index in [4.69, 9.17) is 5.73 Å². The fourth-order valence-corrected chi connectivity index (χ4v) is 4.28. The van der Waals surface area contributed by atoms with Gasteiger partial charge in [-0.25, -0.2) is 18.1 Å². The molecular formula is C20H26N4O3S. The monoisotopic (exact) mass is 402 g/mol. The average Bonchev–Trinajstić information content (AvgIpc) is 3.47. The molecule has 0 amide bonds. The van der Waals surface area contributed by atoms with Crippen LogP contribution in [0.4, 0.5) is 0 Å². The predicted octanol–water partition coefficient (Wildman–Crippen LogP) is 0.418. The molecule has 0 saturated heterocycles. The minimum Gasteiger partial charge on any atom is -0.405 e. The summed E-state index contributed by atoms with van der Waals surface area (Å²) in [7, 11) is -3.80. The summed E-state index contributed by atoms with van der Waals surface area (Å²) in [6, 6.07) is 4.68. The highest BCUT2D eigenvalue weighted by molar-refractivity contribution is 7.89. The minimum absolute atomic E-state index is 0.0955. The van der Waals surface area contributed by atoms with Crippen LogP contribution in [0.25, 0.3) is 12.2 Å². The molecule has 5 N–H and O–H groups in total. The van der Waals surface area contributed by atoms with Gasteiger partial charge in [-0.1, -0.05) is 13.5 Å². The number of allylic oxidation sites excluding steroid dienone is 1. The summed E-state index contributed by atoms with van der Waals surface area (Å²) in [4.78, 5) is 7.46. The summed E-state index contributed by atoms with van der Waals surface area (Å²) >= 11 is 0. The van der Waals surface area contributed by atoms with Crippen molar-refractivity contribution in [1.82, 2.24) is 14.7 Å². The van der Waals surface area contributed by atoms with E-state index in [0.29, 0.717) is 12.3 Å². The van der Waals surface area contributed by atoms with E-state index >= 15 is 0 Å². The van der Waals surface area contributed by atoms with E-state index in [1.165, 1.54) is 31.3 Å². The van der Waals surface area contributed by atoms with Gasteiger partial charge in [0.1, 0.15) is 0 Å². The van der Waals surface area contributed by atoms with Crippen molar-refractivity contribution in [3.05, 3.63) is 58.5 Å². The first kappa shape index (κ1) is 20.3. The Hall–Kier alpha value is -2.42. The van der Waals surface area contributed by atoms with Crippen LogP contribution in [-0.4, -0.2) is 36.1 Å². The molecule has 0 radical (unpaired) electrons. The summed E-state index contributed by atoms with van der Waals surface area (Å²) in [6.45, 7) is 5.61. The van der Waals surface area contributed by atoms with Gasteiger partial charge >= 0.3 is 0 Å². The van der Waals surface area contributed by atoms with Crippen molar-refractivity contribution in [1.29, 1.82) is 0 Å². The van der Waals surface area contributed by atoms with Gasteiger partial charge in [0, 0.05) is 34.1 Å². The minimum atomic E-state index is -3.80. The van der Waals surface area contributed by atoms with Gasteiger partial charge in [-0.2, -0.15) is 0 Å². The molecular weight excluding hydrogens is 376 g/mol. The second-order valence-corrected chi connectivity index (χ2v) is 8.62. The number of rotatable bonds is 8. The number of aliphatic hydroxyl groups is 1. The van der Waals surface area contributed by atoms with Gasteiger partial charge in [0.2, 0.25) is 0 Å². The third-order valence-corrected chi connectivity index (χ3v) is 6.28. The number of aliphatic hydroxyl groups excluding tert-OH is 1. The van der Waals surface area contributed by atoms with E-state index in [0.717, 1.165) is 27.4 Å². The maximum Gasteiger partial charge on any atom is 0.258 e. The van der Waals surface area contributed by atoms with Crippen LogP contribution in [0.15, 0.2) is 41.7 Å². The van der Waals surface area contributed by atoms with E-state index in [2.05, 4.69) is 27.3 Å². The van der Waals surface area contributed by atoms with Crippen LogP contribution in [0.5, 0.6) is 0 Å². The Bertz CT molecular complexity index is 1060. The molecule has 0 aliphatic heterocycles. The lowest BCUT2D eigenvalue weighted by molar-refractivity contribution is 0.253. The molecule has 2 aromatic rings. The van der Waals surface area contributed by atoms with Crippen LogP contribution < -0.4 is 21.0 Å². The number of aromatic nitrogens is 2. The van der Waals surface area contributed by atoms with Crippen LogP contribution in [0.3, 0.4) is 0 Å². The first-order valence-electron chi connectivity index (χ1n) is 9.29. The molecule has 28 heavy (non-hydrogen) atoms. The Morgan fingerprint density at radius 1 is 1.50 bits per heavy atom. The van der Waals surface area contributed by atoms with E-state index in [1.54, 1.807) is 19.1 Å². The van der Waals surface area contributed by atoms with Crippen molar-refractivity contribution in [2.75, 3.05) is 6.61 Å². The summed E-state index contributed by atoms with van der Waals surface area (Å²) in [5, 5.41) is 10.9. The van der Waals surface area contributed by atoms with Crippen molar-refractivity contribution < 1.29 is 13.5 Å². The third kappa shape index (κ3) is 4.35. The number of pyridine rings is 1. The molecule has 1 aliphatic rings. The summed E-state index contributed by atoms with van der Waals surface area (Å²) < 4.78 is 27.3. The highest BCUT2D eigenvalue weighted by Crippen LogP contribution is 2.38. The molecule has 0 aromatic carbocycles. The van der Waals surface area contributed by atoms with Crippen LogP contribution in [0.2, 0.25) is 0 Å². The molecule has 150 valence electrons. The number of hydrogen-bond donors (Lipinski definition) is 4. The van der Waals surface area contributed by atoms with Gasteiger partial charge in [0.15, 0.2) is 5.03 Å². The number of aromatic amines is 1. The van der Waals surface area contributed by atoms with Crippen LogP contribution in [0.1, 0.15) is 43.4 Å². The molecule has 0 unspecified atom stereocenters. The number of nitrogens with two attached hydrogens (primary N) is 1. The maximum absolute atomic E-state index is 12.4. The molecule has 0 bridgehead atoms. The summed E-state index contributed by atoms with van der Waals surface area (Å²) in [5.74, 6) is 0.562. The number of nitrogens with one attached hydrogen (secondary N) is 2. The van der Waals surface area contributed by atoms with Crippen molar-refractivity contribution in [3.63, 3.8) is 0 Å². The molecule has 8 heteroatoms. The molecule has 1 saturated carbocycles. The highest BCUT2D eigenvalue weighted by atomic mass is 32.2. The lowest BCUT2D eigenvalue weighted by atomic mass is 10.1. The maximum atomic E-state index is 12.4. The molecule has 7 nitrogen and oxygen atoms in total. The number of hydrogen-bond acceptors (Lipinski definition) is 5. The smallest absolute Gasteiger partial charge is 0.258 e. The normalized spacial score (nSPS) is 17.1. The van der Waals surface area contributed by atoms with Gasteiger partial charge in [0.25, 0.3) is 10.0 Å². The zero-order valence-corrected chi connectivity index (χ0v) is 16.7. The quantitative estimate of drug-likeness (QED) is 0.510. The summed E-state index contributed by atoms with van der Waals surface area (Å²) in [6.07, 6.45) is 7.54. The van der Waals surface area contributed by atoms with Gasteiger partial charge in [-0.15, -0.1) is 0 Å². The first-order chi connectivity index (χ1) is 13.4. The summed E-state index contributed by atoms with van der Waals surface area (Å²) in [5.41, 5.74) is 8.36. The van der Waals surface area contributed by atoms with Crippen molar-refractivity contribution in [2.45, 2.75) is 43.2 Å². The third-order valence-electron chi connectivity index (χ3n) is 4.85. The van der Waals surface area contributed by atoms with Crippen molar-refractivity contribution in [3.8, 4) is 0 Å². The molecule has 1 atom stereocenters. The molecule has 0 spiro atoms. The topological polar surface area (TPSA) is 121 Å². The van der Waals surface area contributed by atoms with Crippen molar-refractivity contribution >= 4 is 22.2 Å². The average molecular weight is 403 g/mol. The Morgan fingerprint density at radius 3 is 2.79 bits per heavy atom. The van der Waals surface area contributed by atoms with Crippen LogP contribution >= 0.6 is 0 Å². The fraction of sp³-hybridized carbons (Fsp3) is 0.350. The number of H-pyrrole nitrogens is 1. The zero-order chi connectivity index (χ0) is 20.3. The SMILES string of the molecule is C=c1[nH]c(C2CC2)c/c1=C(/C=C\N)c1ccc(S(=O)(=O)N[C@H](CC)CO)nc1. The predicted molar refractivity (Wildman–Crippen MR) is 109 cm³/mol. The Balaban J connectivity index is 1.99. The van der Waals surface area contributed by atoms with Gasteiger partial charge in [-0.05, 0) is 61.2 Å². The molecule has 1 aliphatic carbocycles. The van der Waals surface area contributed by atoms with Crippen LogP contribution in [0, 0.1) is 0 Å². The number of sulfonamides is 1. The lowest BCUT2D eigenvalue weighted by Gasteiger charge is -2.14. The second-order valence-electron chi connectivity index (χ2n) is 6.96. The van der Waals surface area contributed by atoms with Gasteiger partial charge in [0.05, 0.1) is 6.61 Å². The Kier molecular flexibility index (Phi) is 6.02. The van der Waals surface area contributed by atoms with E-state index < -0.39 is 16.1 Å². The standard InChI is InChI=1S/C20H26N4O3S/c1-3-16(12-25)24-28(26,27)20-7-6-15(11-22-20)17(8-9-21)18-10-19(14-4-5-14)23-13(18)2/h6-11,14,16,23-25H,2-5,12,21H2,1H3/b9-8-,18-17+/t16-/m1/s1. The Morgan fingerprint density at radius 2 is 2.25 bits per heavy atom. The van der Waals surface area contributed by atoms with E-state index in [9.17, 15) is 13.5 Å². The zero-order valence-electron chi connectivity index (χ0n) is 15.9. The first-order valence-corrected chi connectivity index (χ1v) is 10.8. The number of nitrogens with zero attached hydrogens (tertiary/aromatic N) is 1. The van der Waals surface area contributed by atoms with Crippen molar-refractivity contribution in [2.24, 2.45) is 5.73 Å². The lowest BCUT2D eigenvalue weighted by Crippen LogP contribution is -2.37.